The van der Waals surface area contributed by atoms with Crippen LogP contribution in [0, 0.1) is 6.92 Å². The molecule has 0 aliphatic carbocycles. The van der Waals surface area contributed by atoms with Crippen LogP contribution in [0.4, 0.5) is 5.69 Å². The number of carbonyl (C=O) groups is 1. The number of nitrogens with zero attached hydrogens (tertiary/aromatic N) is 2. The molecule has 4 rings (SSSR count). The van der Waals surface area contributed by atoms with Crippen LogP contribution in [0.25, 0.3) is 11.8 Å². The second-order valence-corrected chi connectivity index (χ2v) is 7.96. The molecule has 2 heterocycles. The monoisotopic (exact) mass is 406 g/mol. The Balaban J connectivity index is 1.70. The number of hydrogen-bond acceptors (Lipinski definition) is 4. The maximum Gasteiger partial charge on any atom is 0.270 e. The lowest BCUT2D eigenvalue weighted by Crippen LogP contribution is -2.27. The smallest absolute Gasteiger partial charge is 0.270 e. The summed E-state index contributed by atoms with van der Waals surface area (Å²) >= 11 is 6.78. The Kier molecular flexibility index (Phi) is 5.07. The minimum atomic E-state index is -0.0960. The molecule has 0 radical (unpaired) electrons. The quantitative estimate of drug-likeness (QED) is 0.441. The third-order valence-corrected chi connectivity index (χ3v) is 5.83. The molecule has 1 amide bonds. The Bertz CT molecular complexity index is 1070. The van der Waals surface area contributed by atoms with Gasteiger partial charge in [-0.25, -0.2) is 0 Å². The highest BCUT2D eigenvalue weighted by molar-refractivity contribution is 8.27. The van der Waals surface area contributed by atoms with Gasteiger partial charge in [-0.15, -0.1) is 0 Å². The first-order chi connectivity index (χ1) is 13.6. The number of thioether (sulfide) groups is 1. The van der Waals surface area contributed by atoms with E-state index < -0.39 is 0 Å². The van der Waals surface area contributed by atoms with Gasteiger partial charge in [0, 0.05) is 17.1 Å². The van der Waals surface area contributed by atoms with Crippen LogP contribution in [-0.2, 0) is 4.79 Å². The summed E-state index contributed by atoms with van der Waals surface area (Å²) in [6.07, 6.45) is 1.90. The number of para-hydroxylation sites is 1. The molecule has 3 aromatic rings. The fourth-order valence-corrected chi connectivity index (χ4v) is 4.44. The van der Waals surface area contributed by atoms with Crippen molar-refractivity contribution in [2.45, 2.75) is 6.92 Å². The van der Waals surface area contributed by atoms with Crippen molar-refractivity contribution in [3.8, 4) is 11.4 Å². The predicted molar refractivity (Wildman–Crippen MR) is 119 cm³/mol. The van der Waals surface area contributed by atoms with E-state index in [0.717, 1.165) is 28.5 Å². The molecule has 0 spiro atoms. The lowest BCUT2D eigenvalue weighted by molar-refractivity contribution is -0.113. The van der Waals surface area contributed by atoms with Crippen molar-refractivity contribution in [1.82, 2.24) is 4.57 Å². The molecule has 4 nitrogen and oxygen atoms in total. The molecular formula is C22H18N2O2S2. The molecule has 1 saturated heterocycles. The first-order valence-electron chi connectivity index (χ1n) is 8.74. The number of anilines is 1. The Labute approximate surface area is 173 Å². The van der Waals surface area contributed by atoms with Gasteiger partial charge in [0.05, 0.1) is 17.7 Å². The summed E-state index contributed by atoms with van der Waals surface area (Å²) in [6, 6.07) is 21.4. The van der Waals surface area contributed by atoms with E-state index in [1.54, 1.807) is 12.0 Å². The molecule has 0 bridgehead atoms. The largest absolute Gasteiger partial charge is 0.497 e. The molecule has 140 valence electrons. The van der Waals surface area contributed by atoms with Gasteiger partial charge in [0.25, 0.3) is 5.91 Å². The van der Waals surface area contributed by atoms with Gasteiger partial charge in [0.15, 0.2) is 4.32 Å². The lowest BCUT2D eigenvalue weighted by Gasteiger charge is -2.14. The number of aryl methyl sites for hydroxylation is 1. The zero-order chi connectivity index (χ0) is 19.7. The second-order valence-electron chi connectivity index (χ2n) is 6.29. The van der Waals surface area contributed by atoms with Crippen LogP contribution >= 0.6 is 24.0 Å². The van der Waals surface area contributed by atoms with Crippen LogP contribution in [-0.4, -0.2) is 21.9 Å². The summed E-state index contributed by atoms with van der Waals surface area (Å²) in [6.45, 7) is 2.04. The highest BCUT2D eigenvalue weighted by atomic mass is 32.2. The van der Waals surface area contributed by atoms with Gasteiger partial charge in [0.2, 0.25) is 0 Å². The van der Waals surface area contributed by atoms with Crippen LogP contribution in [0.5, 0.6) is 5.75 Å². The van der Waals surface area contributed by atoms with Crippen molar-refractivity contribution >= 4 is 46.0 Å². The normalized spacial score (nSPS) is 15.5. The predicted octanol–water partition coefficient (Wildman–Crippen LogP) is 5.20. The van der Waals surface area contributed by atoms with Gasteiger partial charge < -0.3 is 9.30 Å². The molecule has 0 unspecified atom stereocenters. The maximum absolute atomic E-state index is 13.0. The number of carbonyl (C=O) groups excluding carboxylic acids is 1. The fraction of sp³-hybridized carbons (Fsp3) is 0.0909. The standard InChI is InChI=1S/C22H18N2O2S2/c1-15-8-9-18(23(15)17-10-12-19(26-2)13-11-17)14-20-21(25)24(22(27)28-20)16-6-4-3-5-7-16/h3-14H,1-2H3/b20-14-. The number of thiocarbonyl (C=S) groups is 1. The third kappa shape index (κ3) is 3.37. The highest BCUT2D eigenvalue weighted by Gasteiger charge is 2.33. The number of benzene rings is 2. The van der Waals surface area contributed by atoms with Crippen LogP contribution in [0.1, 0.15) is 11.4 Å². The number of aromatic nitrogens is 1. The molecule has 0 N–H and O–H groups in total. The highest BCUT2D eigenvalue weighted by Crippen LogP contribution is 2.36. The van der Waals surface area contributed by atoms with Gasteiger partial charge in [-0.2, -0.15) is 0 Å². The average molecular weight is 407 g/mol. The topological polar surface area (TPSA) is 34.5 Å². The van der Waals surface area contributed by atoms with Gasteiger partial charge in [-0.05, 0) is 61.5 Å². The summed E-state index contributed by atoms with van der Waals surface area (Å²) in [5.74, 6) is 0.708. The van der Waals surface area contributed by atoms with E-state index in [1.165, 1.54) is 11.8 Å². The van der Waals surface area contributed by atoms with Crippen molar-refractivity contribution in [2.75, 3.05) is 12.0 Å². The minimum absolute atomic E-state index is 0.0960. The van der Waals surface area contributed by atoms with E-state index in [9.17, 15) is 4.79 Å². The van der Waals surface area contributed by atoms with E-state index in [-0.39, 0.29) is 5.91 Å². The number of methoxy groups -OCH3 is 1. The summed E-state index contributed by atoms with van der Waals surface area (Å²) in [4.78, 5) is 15.2. The summed E-state index contributed by atoms with van der Waals surface area (Å²) < 4.78 is 7.89. The van der Waals surface area contributed by atoms with E-state index in [0.29, 0.717) is 9.23 Å². The Hall–Kier alpha value is -2.83. The van der Waals surface area contributed by atoms with E-state index in [1.807, 2.05) is 79.7 Å². The fourth-order valence-electron chi connectivity index (χ4n) is 3.16. The Morgan fingerprint density at radius 1 is 0.964 bits per heavy atom. The zero-order valence-electron chi connectivity index (χ0n) is 15.5. The van der Waals surface area contributed by atoms with Crippen molar-refractivity contribution in [1.29, 1.82) is 0 Å². The molecule has 1 aliphatic heterocycles. The average Bonchev–Trinajstić information content (AvgIpc) is 3.21. The lowest BCUT2D eigenvalue weighted by atomic mass is 10.2. The van der Waals surface area contributed by atoms with Crippen molar-refractivity contribution < 1.29 is 9.53 Å². The third-order valence-electron chi connectivity index (χ3n) is 4.52. The van der Waals surface area contributed by atoms with Gasteiger partial charge in [-0.3, -0.25) is 9.69 Å². The molecule has 1 aliphatic rings. The van der Waals surface area contributed by atoms with Crippen LogP contribution in [0.2, 0.25) is 0 Å². The molecule has 1 aromatic heterocycles. The molecule has 0 atom stereocenters. The molecule has 6 heteroatoms. The summed E-state index contributed by atoms with van der Waals surface area (Å²) in [5, 5.41) is 0. The first kappa shape index (κ1) is 18.5. The van der Waals surface area contributed by atoms with Crippen molar-refractivity contribution in [3.63, 3.8) is 0 Å². The van der Waals surface area contributed by atoms with E-state index >= 15 is 0 Å². The number of hydrogen-bond donors (Lipinski definition) is 0. The summed E-state index contributed by atoms with van der Waals surface area (Å²) in [7, 11) is 1.65. The van der Waals surface area contributed by atoms with E-state index in [2.05, 4.69) is 4.57 Å². The van der Waals surface area contributed by atoms with Crippen molar-refractivity contribution in [2.24, 2.45) is 0 Å². The maximum atomic E-state index is 13.0. The summed E-state index contributed by atoms with van der Waals surface area (Å²) in [5.41, 5.74) is 3.80. The minimum Gasteiger partial charge on any atom is -0.497 e. The Morgan fingerprint density at radius 2 is 1.68 bits per heavy atom. The molecule has 28 heavy (non-hydrogen) atoms. The molecule has 2 aromatic carbocycles. The van der Waals surface area contributed by atoms with Crippen LogP contribution < -0.4 is 9.64 Å². The first-order valence-corrected chi connectivity index (χ1v) is 9.97. The molecular weight excluding hydrogens is 388 g/mol. The van der Waals surface area contributed by atoms with Gasteiger partial charge >= 0.3 is 0 Å². The number of ether oxygens (including phenoxy) is 1. The van der Waals surface area contributed by atoms with Crippen molar-refractivity contribution in [3.05, 3.63) is 83.0 Å². The van der Waals surface area contributed by atoms with Crippen LogP contribution in [0.3, 0.4) is 0 Å². The second kappa shape index (κ2) is 7.66. The Morgan fingerprint density at radius 3 is 2.36 bits per heavy atom. The zero-order valence-corrected chi connectivity index (χ0v) is 17.1. The number of amides is 1. The number of rotatable bonds is 4. The molecule has 0 saturated carbocycles. The van der Waals surface area contributed by atoms with Crippen LogP contribution in [0.15, 0.2) is 71.6 Å². The van der Waals surface area contributed by atoms with Gasteiger partial charge in [0.1, 0.15) is 5.75 Å². The SMILES string of the molecule is COc1ccc(-n2c(C)ccc2/C=C2\SC(=S)N(c3ccccc3)C2=O)cc1. The van der Waals surface area contributed by atoms with E-state index in [4.69, 9.17) is 17.0 Å². The van der Waals surface area contributed by atoms with Gasteiger partial charge in [-0.1, -0.05) is 42.2 Å². The molecule has 1 fully saturated rings.